The lowest BCUT2D eigenvalue weighted by molar-refractivity contribution is -0.152. The van der Waals surface area contributed by atoms with E-state index in [2.05, 4.69) is 62.2 Å². The van der Waals surface area contributed by atoms with E-state index in [1.807, 2.05) is 6.21 Å². The van der Waals surface area contributed by atoms with Gasteiger partial charge < -0.3 is 10.2 Å². The van der Waals surface area contributed by atoms with Crippen molar-refractivity contribution < 1.29 is 10.2 Å². The number of aliphatic hydroxyl groups is 2. The summed E-state index contributed by atoms with van der Waals surface area (Å²) in [5.41, 5.74) is 5.09. The van der Waals surface area contributed by atoms with Crippen molar-refractivity contribution in [3.63, 3.8) is 0 Å². The largest absolute Gasteiger partial charge is 0.396 e. The van der Waals surface area contributed by atoms with Gasteiger partial charge >= 0.3 is 0 Å². The molecule has 214 valence electrons. The monoisotopic (exact) mass is 539 g/mol. The van der Waals surface area contributed by atoms with Gasteiger partial charge in [0.2, 0.25) is 0 Å². The Bertz CT molecular complexity index is 1310. The van der Waals surface area contributed by atoms with Crippen LogP contribution in [0, 0.1) is 62.1 Å². The molecule has 3 nitrogen and oxygen atoms in total. The van der Waals surface area contributed by atoms with Crippen LogP contribution in [0.2, 0.25) is 0 Å². The maximum atomic E-state index is 11.2. The first-order chi connectivity index (χ1) is 19.1. The van der Waals surface area contributed by atoms with Gasteiger partial charge in [0.15, 0.2) is 0 Å². The van der Waals surface area contributed by atoms with Gasteiger partial charge in [-0.2, -0.15) is 0 Å². The van der Waals surface area contributed by atoms with Gasteiger partial charge in [-0.25, -0.2) is 0 Å². The molecule has 0 aromatic carbocycles. The van der Waals surface area contributed by atoms with E-state index in [9.17, 15) is 10.2 Å². The van der Waals surface area contributed by atoms with Gasteiger partial charge in [-0.1, -0.05) is 81.4 Å². The first kappa shape index (κ1) is 26.0. The number of hydrogen-bond donors (Lipinski definition) is 2. The standard InChI is InChI=1S/C37H49NO2/c1-24-16-29-33(4)31-28(8-14-37(33)30(24)32(37,2)3)7-13-35(23-40)10-5-11-36(31,35)22-34(29)12-6-25(19-34)17-27(21-39)18-26-9-15-38-20-26/h7-9,13-14,16,20,25,27-28,30-31,39-40H,1,5-6,10-12,15,17-19,21-23H2,2-4H3/t25-,27-,28+,30-,31+,33-,34+,35+,36-,37-/m0/s1. The lowest BCUT2D eigenvalue weighted by Gasteiger charge is -2.71. The molecule has 0 aromatic rings. The molecule has 3 spiro atoms. The van der Waals surface area contributed by atoms with E-state index in [0.717, 1.165) is 25.8 Å². The molecule has 40 heavy (non-hydrogen) atoms. The number of nitrogens with zero attached hydrogens (tertiary/aromatic N) is 1. The maximum absolute atomic E-state index is 11.2. The molecule has 0 bridgehead atoms. The molecule has 4 fully saturated rings. The third-order valence-corrected chi connectivity index (χ3v) is 14.7. The number of aliphatic hydroxyl groups excluding tert-OH is 2. The summed E-state index contributed by atoms with van der Waals surface area (Å²) in [6.45, 7) is 13.8. The van der Waals surface area contributed by atoms with Crippen molar-refractivity contribution in [2.75, 3.05) is 19.8 Å². The van der Waals surface area contributed by atoms with Crippen LogP contribution in [0.4, 0.5) is 0 Å². The van der Waals surface area contributed by atoms with Gasteiger partial charge in [0, 0.05) is 29.1 Å². The highest BCUT2D eigenvalue weighted by Gasteiger charge is 2.86. The zero-order valence-corrected chi connectivity index (χ0v) is 25.0. The topological polar surface area (TPSA) is 52.8 Å². The molecule has 3 heteroatoms. The van der Waals surface area contributed by atoms with Crippen molar-refractivity contribution in [1.29, 1.82) is 0 Å². The third kappa shape index (κ3) is 2.75. The van der Waals surface area contributed by atoms with Crippen LogP contribution in [0.1, 0.15) is 78.6 Å². The summed E-state index contributed by atoms with van der Waals surface area (Å²) in [4.78, 5) is 4.39. The molecule has 7 aliphatic carbocycles. The Morgan fingerprint density at radius 2 is 1.93 bits per heavy atom. The Labute approximate surface area is 241 Å². The van der Waals surface area contributed by atoms with E-state index in [1.54, 1.807) is 5.57 Å². The fraction of sp³-hybridized carbons (Fsp3) is 0.703. The molecule has 4 saturated carbocycles. The van der Waals surface area contributed by atoms with Crippen LogP contribution in [-0.4, -0.2) is 36.2 Å². The molecule has 10 atom stereocenters. The minimum absolute atomic E-state index is 0.0783. The summed E-state index contributed by atoms with van der Waals surface area (Å²) < 4.78 is 0. The lowest BCUT2D eigenvalue weighted by Crippen LogP contribution is -2.65. The molecule has 1 aliphatic heterocycles. The van der Waals surface area contributed by atoms with E-state index in [-0.39, 0.29) is 39.1 Å². The average molecular weight is 540 g/mol. The first-order valence-corrected chi connectivity index (χ1v) is 16.3. The second kappa shape index (κ2) is 8.01. The van der Waals surface area contributed by atoms with Crippen molar-refractivity contribution in [3.8, 4) is 0 Å². The SMILES string of the molecule is C=C1C=C2[C@@]3(CC[C@@H](C[C@H](CO)CC4=CCN=C4)C3)C[C@]34CCC[C@]3(CO)C=C[C@@H]3C=C[C@@]5([C@@H]1C5(C)C)[C@]2(C)[C@@H]34. The molecule has 0 aromatic heterocycles. The summed E-state index contributed by atoms with van der Waals surface area (Å²) in [5, 5.41) is 21.6. The van der Waals surface area contributed by atoms with Crippen LogP contribution in [0.15, 0.2) is 64.7 Å². The summed E-state index contributed by atoms with van der Waals surface area (Å²) in [5.74, 6) is 2.50. The van der Waals surface area contributed by atoms with Gasteiger partial charge in [-0.05, 0) is 103 Å². The molecule has 8 aliphatic rings. The average Bonchev–Trinajstić information content (AvgIpc) is 3.46. The molecule has 0 radical (unpaired) electrons. The first-order valence-electron chi connectivity index (χ1n) is 16.3. The second-order valence-corrected chi connectivity index (χ2v) is 16.3. The summed E-state index contributed by atoms with van der Waals surface area (Å²) >= 11 is 0. The Hall–Kier alpha value is -1.71. The zero-order chi connectivity index (χ0) is 27.8. The quantitative estimate of drug-likeness (QED) is 0.350. The Morgan fingerprint density at radius 1 is 1.10 bits per heavy atom. The normalized spacial score (nSPS) is 50.9. The Morgan fingerprint density at radius 3 is 2.67 bits per heavy atom. The van der Waals surface area contributed by atoms with Gasteiger partial charge in [0.05, 0.1) is 13.2 Å². The van der Waals surface area contributed by atoms with Crippen LogP contribution >= 0.6 is 0 Å². The van der Waals surface area contributed by atoms with E-state index >= 15 is 0 Å². The predicted octanol–water partition coefficient (Wildman–Crippen LogP) is 7.24. The molecular weight excluding hydrogens is 490 g/mol. The van der Waals surface area contributed by atoms with Crippen molar-refractivity contribution in [3.05, 3.63) is 59.8 Å². The molecule has 0 saturated heterocycles. The zero-order valence-electron chi connectivity index (χ0n) is 25.0. The van der Waals surface area contributed by atoms with Crippen molar-refractivity contribution in [2.45, 2.75) is 78.6 Å². The van der Waals surface area contributed by atoms with Crippen LogP contribution in [0.3, 0.4) is 0 Å². The highest BCUT2D eigenvalue weighted by atomic mass is 16.3. The van der Waals surface area contributed by atoms with Crippen molar-refractivity contribution in [1.82, 2.24) is 0 Å². The van der Waals surface area contributed by atoms with Crippen LogP contribution in [0.25, 0.3) is 0 Å². The highest BCUT2D eigenvalue weighted by Crippen LogP contribution is 2.91. The van der Waals surface area contributed by atoms with E-state index in [1.165, 1.54) is 49.7 Å². The summed E-state index contributed by atoms with van der Waals surface area (Å²) in [6.07, 6.45) is 27.8. The van der Waals surface area contributed by atoms with Gasteiger partial charge in [0.25, 0.3) is 0 Å². The van der Waals surface area contributed by atoms with Crippen molar-refractivity contribution in [2.24, 2.45) is 67.1 Å². The van der Waals surface area contributed by atoms with Crippen LogP contribution in [0.5, 0.6) is 0 Å². The second-order valence-electron chi connectivity index (χ2n) is 16.3. The molecule has 8 rings (SSSR count). The third-order valence-electron chi connectivity index (χ3n) is 14.7. The maximum Gasteiger partial charge on any atom is 0.0576 e. The molecule has 2 N–H and O–H groups in total. The highest BCUT2D eigenvalue weighted by molar-refractivity contribution is 5.80. The smallest absolute Gasteiger partial charge is 0.0576 e. The Balaban J connectivity index is 1.24. The molecule has 0 unspecified atom stereocenters. The van der Waals surface area contributed by atoms with Crippen LogP contribution < -0.4 is 0 Å². The Kier molecular flexibility index (Phi) is 5.20. The number of aliphatic imine (C=N–C) groups is 1. The summed E-state index contributed by atoms with van der Waals surface area (Å²) in [7, 11) is 0. The van der Waals surface area contributed by atoms with Gasteiger partial charge in [-0.15, -0.1) is 0 Å². The minimum atomic E-state index is -0.0783. The lowest BCUT2D eigenvalue weighted by atomic mass is 9.32. The van der Waals surface area contributed by atoms with E-state index in [0.29, 0.717) is 36.2 Å². The fourth-order valence-corrected chi connectivity index (χ4v) is 13.6. The van der Waals surface area contributed by atoms with E-state index in [4.69, 9.17) is 6.58 Å². The van der Waals surface area contributed by atoms with E-state index < -0.39 is 0 Å². The molecular formula is C37H49NO2. The minimum Gasteiger partial charge on any atom is -0.396 e. The molecule has 1 heterocycles. The molecule has 0 amide bonds. The van der Waals surface area contributed by atoms with Gasteiger partial charge in [-0.3, -0.25) is 4.99 Å². The predicted molar refractivity (Wildman–Crippen MR) is 162 cm³/mol. The number of fused-ring (bicyclic) bond motifs is 1. The number of allylic oxidation sites excluding steroid dienone is 7. The van der Waals surface area contributed by atoms with Crippen molar-refractivity contribution >= 4 is 6.21 Å². The fourth-order valence-electron chi connectivity index (χ4n) is 13.6. The number of hydrogen-bond acceptors (Lipinski definition) is 3. The number of rotatable bonds is 6. The summed E-state index contributed by atoms with van der Waals surface area (Å²) in [6, 6.07) is 0. The van der Waals surface area contributed by atoms with Crippen LogP contribution in [-0.2, 0) is 0 Å². The van der Waals surface area contributed by atoms with Gasteiger partial charge in [0.1, 0.15) is 0 Å².